The first-order chi connectivity index (χ1) is 11.2. The van der Waals surface area contributed by atoms with E-state index in [1.807, 2.05) is 42.5 Å². The number of aromatic nitrogens is 1. The van der Waals surface area contributed by atoms with E-state index in [4.69, 9.17) is 25.8 Å². The minimum absolute atomic E-state index is 0.411. The lowest BCUT2D eigenvalue weighted by molar-refractivity contribution is 0.356. The van der Waals surface area contributed by atoms with Crippen molar-refractivity contribution in [2.24, 2.45) is 0 Å². The monoisotopic (exact) mass is 329 g/mol. The molecule has 1 heterocycles. The molecular formula is C18H16ClNO3. The average Bonchev–Trinajstić information content (AvgIpc) is 2.59. The molecule has 0 unspecified atom stereocenters. The largest absolute Gasteiger partial charge is 0.497 e. The second kappa shape index (κ2) is 6.34. The summed E-state index contributed by atoms with van der Waals surface area (Å²) in [7, 11) is 4.84. The van der Waals surface area contributed by atoms with Crippen molar-refractivity contribution in [1.29, 1.82) is 0 Å². The van der Waals surface area contributed by atoms with Gasteiger partial charge in [-0.1, -0.05) is 23.7 Å². The van der Waals surface area contributed by atoms with Crippen molar-refractivity contribution in [3.63, 3.8) is 0 Å². The van der Waals surface area contributed by atoms with E-state index in [0.29, 0.717) is 16.7 Å². The van der Waals surface area contributed by atoms with Gasteiger partial charge in [0.2, 0.25) is 0 Å². The SMILES string of the molecule is COc1ccc2nc(Cl)c(-c3cccc(OC)c3OC)cc2c1. The van der Waals surface area contributed by atoms with E-state index in [1.54, 1.807) is 21.3 Å². The summed E-state index contributed by atoms with van der Waals surface area (Å²) in [6.45, 7) is 0. The topological polar surface area (TPSA) is 40.6 Å². The molecule has 2 aromatic carbocycles. The van der Waals surface area contributed by atoms with Crippen LogP contribution in [0.4, 0.5) is 0 Å². The van der Waals surface area contributed by atoms with E-state index in [9.17, 15) is 0 Å². The van der Waals surface area contributed by atoms with Crippen LogP contribution in [0.5, 0.6) is 17.2 Å². The smallest absolute Gasteiger partial charge is 0.168 e. The number of fused-ring (bicyclic) bond motifs is 1. The van der Waals surface area contributed by atoms with Gasteiger partial charge in [-0.25, -0.2) is 4.98 Å². The lowest BCUT2D eigenvalue weighted by atomic mass is 10.0. The number of halogens is 1. The molecule has 5 heteroatoms. The molecule has 0 amide bonds. The molecule has 1 aromatic heterocycles. The zero-order valence-electron chi connectivity index (χ0n) is 13.1. The summed E-state index contributed by atoms with van der Waals surface area (Å²) in [5.74, 6) is 2.04. The molecule has 0 radical (unpaired) electrons. The van der Waals surface area contributed by atoms with Gasteiger partial charge in [0.1, 0.15) is 10.9 Å². The van der Waals surface area contributed by atoms with Crippen molar-refractivity contribution in [3.8, 4) is 28.4 Å². The molecule has 0 bridgehead atoms. The highest BCUT2D eigenvalue weighted by Crippen LogP contribution is 2.41. The summed E-state index contributed by atoms with van der Waals surface area (Å²) in [5.41, 5.74) is 2.42. The number of nitrogens with zero attached hydrogens (tertiary/aromatic N) is 1. The highest BCUT2D eigenvalue weighted by molar-refractivity contribution is 6.32. The molecule has 0 N–H and O–H groups in total. The zero-order chi connectivity index (χ0) is 16.4. The molecule has 118 valence electrons. The van der Waals surface area contributed by atoms with Crippen molar-refractivity contribution in [2.45, 2.75) is 0 Å². The van der Waals surface area contributed by atoms with Crippen molar-refractivity contribution in [1.82, 2.24) is 4.98 Å². The molecule has 0 aliphatic rings. The van der Waals surface area contributed by atoms with Gasteiger partial charge in [-0.3, -0.25) is 0 Å². The second-order valence-electron chi connectivity index (χ2n) is 4.93. The summed E-state index contributed by atoms with van der Waals surface area (Å²) in [5, 5.41) is 1.35. The minimum atomic E-state index is 0.411. The normalized spacial score (nSPS) is 10.6. The highest BCUT2D eigenvalue weighted by atomic mass is 35.5. The summed E-state index contributed by atoms with van der Waals surface area (Å²) in [6.07, 6.45) is 0. The number of ether oxygens (including phenoxy) is 3. The van der Waals surface area contributed by atoms with Crippen LogP contribution in [-0.4, -0.2) is 26.3 Å². The molecule has 23 heavy (non-hydrogen) atoms. The Morgan fingerprint density at radius 3 is 2.39 bits per heavy atom. The van der Waals surface area contributed by atoms with Crippen molar-refractivity contribution in [2.75, 3.05) is 21.3 Å². The number of rotatable bonds is 4. The van der Waals surface area contributed by atoms with Gasteiger partial charge in [0.15, 0.2) is 11.5 Å². The molecule has 3 aromatic rings. The number of benzene rings is 2. The molecule has 0 aliphatic carbocycles. The number of methoxy groups -OCH3 is 3. The lowest BCUT2D eigenvalue weighted by Gasteiger charge is -2.14. The maximum Gasteiger partial charge on any atom is 0.168 e. The zero-order valence-corrected chi connectivity index (χ0v) is 13.8. The summed E-state index contributed by atoms with van der Waals surface area (Å²) < 4.78 is 16.1. The Bertz CT molecular complexity index is 864. The van der Waals surface area contributed by atoms with E-state index < -0.39 is 0 Å². The van der Waals surface area contributed by atoms with E-state index in [-0.39, 0.29) is 0 Å². The molecule has 0 spiro atoms. The van der Waals surface area contributed by atoms with Gasteiger partial charge >= 0.3 is 0 Å². The first kappa shape index (κ1) is 15.4. The van der Waals surface area contributed by atoms with Crippen LogP contribution in [0.3, 0.4) is 0 Å². The second-order valence-corrected chi connectivity index (χ2v) is 5.28. The third-order valence-electron chi connectivity index (χ3n) is 3.67. The Morgan fingerprint density at radius 1 is 0.870 bits per heavy atom. The minimum Gasteiger partial charge on any atom is -0.497 e. The van der Waals surface area contributed by atoms with E-state index in [1.165, 1.54) is 0 Å². The van der Waals surface area contributed by atoms with Crippen LogP contribution in [-0.2, 0) is 0 Å². The fourth-order valence-corrected chi connectivity index (χ4v) is 2.79. The van der Waals surface area contributed by atoms with Gasteiger partial charge in [0.05, 0.1) is 26.8 Å². The highest BCUT2D eigenvalue weighted by Gasteiger charge is 2.15. The van der Waals surface area contributed by atoms with Crippen LogP contribution >= 0.6 is 11.6 Å². The molecule has 0 atom stereocenters. The summed E-state index contributed by atoms with van der Waals surface area (Å²) in [6, 6.07) is 13.3. The van der Waals surface area contributed by atoms with Crippen molar-refractivity contribution >= 4 is 22.5 Å². The number of hydrogen-bond acceptors (Lipinski definition) is 4. The Kier molecular flexibility index (Phi) is 4.26. The third-order valence-corrected chi connectivity index (χ3v) is 3.96. The first-order valence-corrected chi connectivity index (χ1v) is 7.41. The van der Waals surface area contributed by atoms with Crippen molar-refractivity contribution < 1.29 is 14.2 Å². The van der Waals surface area contributed by atoms with Crippen LogP contribution in [0.1, 0.15) is 0 Å². The molecule has 0 saturated carbocycles. The van der Waals surface area contributed by atoms with Gasteiger partial charge in [-0.05, 0) is 30.3 Å². The first-order valence-electron chi connectivity index (χ1n) is 7.03. The fraction of sp³-hybridized carbons (Fsp3) is 0.167. The van der Waals surface area contributed by atoms with Crippen LogP contribution < -0.4 is 14.2 Å². The van der Waals surface area contributed by atoms with E-state index in [2.05, 4.69) is 4.98 Å². The van der Waals surface area contributed by atoms with Crippen LogP contribution in [0.25, 0.3) is 22.0 Å². The van der Waals surface area contributed by atoms with Crippen LogP contribution in [0.2, 0.25) is 5.15 Å². The standard InChI is InChI=1S/C18H16ClNO3/c1-21-12-7-8-15-11(9-12)10-14(18(19)20-15)13-5-4-6-16(22-2)17(13)23-3/h4-10H,1-3H3. The predicted molar refractivity (Wildman–Crippen MR) is 91.8 cm³/mol. The number of pyridine rings is 1. The van der Waals surface area contributed by atoms with E-state index in [0.717, 1.165) is 27.8 Å². The summed E-state index contributed by atoms with van der Waals surface area (Å²) in [4.78, 5) is 4.47. The Labute approximate surface area is 139 Å². The van der Waals surface area contributed by atoms with Crippen molar-refractivity contribution in [3.05, 3.63) is 47.6 Å². The van der Waals surface area contributed by atoms with Gasteiger partial charge < -0.3 is 14.2 Å². The molecule has 3 rings (SSSR count). The molecule has 4 nitrogen and oxygen atoms in total. The van der Waals surface area contributed by atoms with Gasteiger partial charge in [0, 0.05) is 16.5 Å². The maximum absolute atomic E-state index is 6.40. The Hall–Kier alpha value is -2.46. The Balaban J connectivity index is 2.25. The van der Waals surface area contributed by atoms with E-state index >= 15 is 0 Å². The summed E-state index contributed by atoms with van der Waals surface area (Å²) >= 11 is 6.40. The maximum atomic E-state index is 6.40. The average molecular weight is 330 g/mol. The fourth-order valence-electron chi connectivity index (χ4n) is 2.55. The van der Waals surface area contributed by atoms with Gasteiger partial charge in [-0.2, -0.15) is 0 Å². The molecule has 0 fully saturated rings. The molecular weight excluding hydrogens is 314 g/mol. The van der Waals surface area contributed by atoms with Crippen LogP contribution in [0, 0.1) is 0 Å². The van der Waals surface area contributed by atoms with Gasteiger partial charge in [-0.15, -0.1) is 0 Å². The van der Waals surface area contributed by atoms with Gasteiger partial charge in [0.25, 0.3) is 0 Å². The Morgan fingerprint density at radius 2 is 1.70 bits per heavy atom. The quantitative estimate of drug-likeness (QED) is 0.657. The predicted octanol–water partition coefficient (Wildman–Crippen LogP) is 4.58. The van der Waals surface area contributed by atoms with Crippen LogP contribution in [0.15, 0.2) is 42.5 Å². The third kappa shape index (κ3) is 2.78. The molecule has 0 aliphatic heterocycles. The number of hydrogen-bond donors (Lipinski definition) is 0. The molecule has 0 saturated heterocycles. The lowest BCUT2D eigenvalue weighted by Crippen LogP contribution is -1.94. The number of para-hydroxylation sites is 1.